The quantitative estimate of drug-likeness (QED) is 0.901. The number of benzene rings is 1. The van der Waals surface area contributed by atoms with Crippen molar-refractivity contribution in [1.82, 2.24) is 10.2 Å². The van der Waals surface area contributed by atoms with Gasteiger partial charge in [-0.1, -0.05) is 6.07 Å². The molecule has 0 spiro atoms. The molecule has 2 fully saturated rings. The van der Waals surface area contributed by atoms with Crippen molar-refractivity contribution in [2.24, 2.45) is 5.92 Å². The molecule has 0 bridgehead atoms. The van der Waals surface area contributed by atoms with Crippen LogP contribution in [0.4, 0.5) is 4.39 Å². The fourth-order valence-electron chi connectivity index (χ4n) is 3.33. The number of rotatable bonds is 3. The summed E-state index contributed by atoms with van der Waals surface area (Å²) >= 11 is 0. The highest BCUT2D eigenvalue weighted by molar-refractivity contribution is 5.27. The highest BCUT2D eigenvalue weighted by atomic mass is 19.1. The number of hydrogen-bond acceptors (Lipinski definition) is 2. The average Bonchev–Trinajstić information content (AvgIpc) is 3.19. The molecule has 3 rings (SSSR count). The van der Waals surface area contributed by atoms with Crippen molar-refractivity contribution in [3.05, 3.63) is 35.1 Å². The molecule has 1 aromatic carbocycles. The molecule has 0 amide bonds. The molecule has 0 radical (unpaired) electrons. The number of piperazine rings is 1. The molecule has 1 saturated carbocycles. The average molecular weight is 262 g/mol. The van der Waals surface area contributed by atoms with Crippen molar-refractivity contribution < 1.29 is 4.39 Å². The Morgan fingerprint density at radius 1 is 1.42 bits per heavy atom. The summed E-state index contributed by atoms with van der Waals surface area (Å²) < 4.78 is 13.2. The molecule has 104 valence electrons. The minimum atomic E-state index is -0.133. The molecule has 2 nitrogen and oxygen atoms in total. The van der Waals surface area contributed by atoms with Crippen LogP contribution in [0.3, 0.4) is 0 Å². The van der Waals surface area contributed by atoms with Crippen LogP contribution >= 0.6 is 0 Å². The van der Waals surface area contributed by atoms with E-state index in [0.717, 1.165) is 37.7 Å². The minimum absolute atomic E-state index is 0.133. The Morgan fingerprint density at radius 3 is 2.89 bits per heavy atom. The standard InChI is InChI=1S/C16H23FN2/c1-12-9-15(17)6-3-13(12)10-19-8-7-18-11-16(19,2)14-4-5-14/h3,6,9,14,18H,4-5,7-8,10-11H2,1-2H3. The molecule has 1 N–H and O–H groups in total. The van der Waals surface area contributed by atoms with Crippen molar-refractivity contribution in [1.29, 1.82) is 0 Å². The zero-order valence-electron chi connectivity index (χ0n) is 11.9. The van der Waals surface area contributed by atoms with Gasteiger partial charge in [0, 0.05) is 31.7 Å². The topological polar surface area (TPSA) is 15.3 Å². The van der Waals surface area contributed by atoms with Gasteiger partial charge in [0.05, 0.1) is 0 Å². The van der Waals surface area contributed by atoms with E-state index in [1.807, 2.05) is 13.0 Å². The molecule has 1 aromatic rings. The van der Waals surface area contributed by atoms with Gasteiger partial charge >= 0.3 is 0 Å². The Kier molecular flexibility index (Phi) is 3.35. The Balaban J connectivity index is 1.80. The second-order valence-electron chi connectivity index (χ2n) is 6.30. The molecule has 2 aliphatic rings. The van der Waals surface area contributed by atoms with E-state index >= 15 is 0 Å². The van der Waals surface area contributed by atoms with Crippen molar-refractivity contribution in [3.63, 3.8) is 0 Å². The van der Waals surface area contributed by atoms with E-state index in [-0.39, 0.29) is 11.4 Å². The van der Waals surface area contributed by atoms with Crippen LogP contribution in [-0.2, 0) is 6.54 Å². The molecular formula is C16H23FN2. The van der Waals surface area contributed by atoms with Crippen molar-refractivity contribution >= 4 is 0 Å². The molecule has 0 aromatic heterocycles. The van der Waals surface area contributed by atoms with Crippen LogP contribution in [0.25, 0.3) is 0 Å². The molecule has 1 aliphatic heterocycles. The highest BCUT2D eigenvalue weighted by Gasteiger charge is 2.46. The van der Waals surface area contributed by atoms with E-state index in [0.29, 0.717) is 0 Å². The van der Waals surface area contributed by atoms with Crippen LogP contribution < -0.4 is 5.32 Å². The summed E-state index contributed by atoms with van der Waals surface area (Å²) in [7, 11) is 0. The van der Waals surface area contributed by atoms with Gasteiger partial charge < -0.3 is 5.32 Å². The van der Waals surface area contributed by atoms with E-state index < -0.39 is 0 Å². The van der Waals surface area contributed by atoms with E-state index in [9.17, 15) is 4.39 Å². The van der Waals surface area contributed by atoms with Gasteiger partial charge in [-0.2, -0.15) is 0 Å². The normalized spacial score (nSPS) is 28.6. The summed E-state index contributed by atoms with van der Waals surface area (Å²) in [6, 6.07) is 5.17. The van der Waals surface area contributed by atoms with Crippen LogP contribution in [0.2, 0.25) is 0 Å². The summed E-state index contributed by atoms with van der Waals surface area (Å²) in [6.07, 6.45) is 2.72. The third-order valence-electron chi connectivity index (χ3n) is 4.89. The minimum Gasteiger partial charge on any atom is -0.314 e. The number of aryl methyl sites for hydroxylation is 1. The number of nitrogens with zero attached hydrogens (tertiary/aromatic N) is 1. The van der Waals surface area contributed by atoms with Gasteiger partial charge in [0.1, 0.15) is 5.82 Å². The fraction of sp³-hybridized carbons (Fsp3) is 0.625. The van der Waals surface area contributed by atoms with Gasteiger partial charge in [-0.25, -0.2) is 4.39 Å². The summed E-state index contributed by atoms with van der Waals surface area (Å²) in [5.74, 6) is 0.701. The van der Waals surface area contributed by atoms with Crippen LogP contribution in [-0.4, -0.2) is 30.1 Å². The predicted octanol–water partition coefficient (Wildman–Crippen LogP) is 2.71. The maximum atomic E-state index is 13.2. The molecule has 1 heterocycles. The molecule has 1 unspecified atom stereocenters. The third kappa shape index (κ3) is 2.54. The number of halogens is 1. The third-order valence-corrected chi connectivity index (χ3v) is 4.89. The first-order valence-corrected chi connectivity index (χ1v) is 7.30. The fourth-order valence-corrected chi connectivity index (χ4v) is 3.33. The molecule has 1 atom stereocenters. The van der Waals surface area contributed by atoms with Crippen LogP contribution in [0.5, 0.6) is 0 Å². The molecule has 19 heavy (non-hydrogen) atoms. The number of nitrogens with one attached hydrogen (secondary N) is 1. The maximum absolute atomic E-state index is 13.2. The molecular weight excluding hydrogens is 239 g/mol. The second kappa shape index (κ2) is 4.88. The van der Waals surface area contributed by atoms with Gasteiger partial charge in [0.15, 0.2) is 0 Å². The zero-order valence-corrected chi connectivity index (χ0v) is 11.9. The summed E-state index contributed by atoms with van der Waals surface area (Å²) in [5, 5.41) is 3.53. The van der Waals surface area contributed by atoms with Crippen molar-refractivity contribution in [2.75, 3.05) is 19.6 Å². The Hall–Kier alpha value is -0.930. The van der Waals surface area contributed by atoms with Crippen LogP contribution in [0.15, 0.2) is 18.2 Å². The van der Waals surface area contributed by atoms with Crippen LogP contribution in [0, 0.1) is 18.7 Å². The molecule has 3 heteroatoms. The molecule has 1 aliphatic carbocycles. The highest BCUT2D eigenvalue weighted by Crippen LogP contribution is 2.44. The van der Waals surface area contributed by atoms with Gasteiger partial charge in [-0.3, -0.25) is 4.90 Å². The maximum Gasteiger partial charge on any atom is 0.123 e. The first-order valence-electron chi connectivity index (χ1n) is 7.30. The first-order chi connectivity index (χ1) is 9.09. The summed E-state index contributed by atoms with van der Waals surface area (Å²) in [6.45, 7) is 8.57. The Labute approximate surface area is 115 Å². The van der Waals surface area contributed by atoms with Gasteiger partial charge in [-0.15, -0.1) is 0 Å². The Morgan fingerprint density at radius 2 is 2.21 bits per heavy atom. The summed E-state index contributed by atoms with van der Waals surface area (Å²) in [4.78, 5) is 2.60. The largest absolute Gasteiger partial charge is 0.314 e. The predicted molar refractivity (Wildman–Crippen MR) is 75.5 cm³/mol. The SMILES string of the molecule is Cc1cc(F)ccc1CN1CCNCC1(C)C1CC1. The van der Waals surface area contributed by atoms with Crippen molar-refractivity contribution in [3.8, 4) is 0 Å². The second-order valence-corrected chi connectivity index (χ2v) is 6.30. The van der Waals surface area contributed by atoms with E-state index in [2.05, 4.69) is 17.1 Å². The molecule has 1 saturated heterocycles. The lowest BCUT2D eigenvalue weighted by molar-refractivity contribution is 0.0483. The first kappa shape index (κ1) is 13.1. The van der Waals surface area contributed by atoms with Gasteiger partial charge in [0.25, 0.3) is 0 Å². The van der Waals surface area contributed by atoms with Gasteiger partial charge in [-0.05, 0) is 55.9 Å². The van der Waals surface area contributed by atoms with E-state index in [1.165, 1.54) is 18.4 Å². The smallest absolute Gasteiger partial charge is 0.123 e. The summed E-state index contributed by atoms with van der Waals surface area (Å²) in [5.41, 5.74) is 2.60. The Bertz CT molecular complexity index is 470. The lowest BCUT2D eigenvalue weighted by Gasteiger charge is -2.46. The lowest BCUT2D eigenvalue weighted by Crippen LogP contribution is -2.60. The monoisotopic (exact) mass is 262 g/mol. The van der Waals surface area contributed by atoms with E-state index in [1.54, 1.807) is 12.1 Å². The number of hydrogen-bond donors (Lipinski definition) is 1. The van der Waals surface area contributed by atoms with Gasteiger partial charge in [0.2, 0.25) is 0 Å². The van der Waals surface area contributed by atoms with Crippen molar-refractivity contribution in [2.45, 2.75) is 38.8 Å². The van der Waals surface area contributed by atoms with Crippen LogP contribution in [0.1, 0.15) is 30.9 Å². The van der Waals surface area contributed by atoms with E-state index in [4.69, 9.17) is 0 Å². The lowest BCUT2D eigenvalue weighted by atomic mass is 9.90. The zero-order chi connectivity index (χ0) is 13.5.